The summed E-state index contributed by atoms with van der Waals surface area (Å²) in [5.41, 5.74) is -0.855. The average Bonchev–Trinajstić information content (AvgIpc) is 3.08. The van der Waals surface area contributed by atoms with Crippen LogP contribution in [-0.2, 0) is 6.18 Å². The highest BCUT2D eigenvalue weighted by atomic mass is 35.5. The number of aromatic nitrogens is 3. The van der Waals surface area contributed by atoms with Crippen molar-refractivity contribution < 1.29 is 13.2 Å². The van der Waals surface area contributed by atoms with Gasteiger partial charge in [0.15, 0.2) is 5.82 Å². The van der Waals surface area contributed by atoms with E-state index in [9.17, 15) is 13.2 Å². The zero-order valence-corrected chi connectivity index (χ0v) is 12.8. The van der Waals surface area contributed by atoms with Gasteiger partial charge in [-0.05, 0) is 18.2 Å². The lowest BCUT2D eigenvalue weighted by Gasteiger charge is -2.15. The van der Waals surface area contributed by atoms with Crippen molar-refractivity contribution in [2.24, 2.45) is 4.99 Å². The number of hydrogen-bond donors (Lipinski definition) is 0. The van der Waals surface area contributed by atoms with Crippen LogP contribution in [-0.4, -0.2) is 20.4 Å². The summed E-state index contributed by atoms with van der Waals surface area (Å²) in [5.74, 6) is 0.301. The Morgan fingerprint density at radius 1 is 1.12 bits per heavy atom. The maximum Gasteiger partial charge on any atom is 0.417 e. The largest absolute Gasteiger partial charge is 0.417 e. The average molecular weight is 351 g/mol. The van der Waals surface area contributed by atoms with Crippen molar-refractivity contribution in [3.63, 3.8) is 0 Å². The zero-order valence-electron chi connectivity index (χ0n) is 12.1. The number of rotatable bonds is 2. The maximum atomic E-state index is 13.3. The van der Waals surface area contributed by atoms with Gasteiger partial charge in [-0.25, -0.2) is 15.0 Å². The Bertz CT molecular complexity index is 856. The Hall–Kier alpha value is -2.67. The third kappa shape index (κ3) is 3.46. The summed E-state index contributed by atoms with van der Waals surface area (Å²) in [5, 5.41) is 0.411. The second kappa shape index (κ2) is 6.45. The topological polar surface area (TPSA) is 43.1 Å². The number of nitrogens with zero attached hydrogens (tertiary/aromatic N) is 4. The minimum atomic E-state index is -4.51. The van der Waals surface area contributed by atoms with E-state index in [0.29, 0.717) is 5.02 Å². The molecule has 3 aromatic rings. The lowest BCUT2D eigenvalue weighted by molar-refractivity contribution is -0.137. The first-order valence-electron chi connectivity index (χ1n) is 6.80. The van der Waals surface area contributed by atoms with E-state index in [4.69, 9.17) is 11.6 Å². The number of alkyl halides is 3. The van der Waals surface area contributed by atoms with Gasteiger partial charge < -0.3 is 0 Å². The molecule has 0 fully saturated rings. The molecule has 0 aliphatic heterocycles. The molecule has 2 heterocycles. The van der Waals surface area contributed by atoms with Crippen molar-refractivity contribution in [3.8, 4) is 0 Å². The maximum absolute atomic E-state index is 13.3. The Morgan fingerprint density at radius 2 is 1.92 bits per heavy atom. The summed E-state index contributed by atoms with van der Waals surface area (Å²) in [6.07, 6.45) is 1.22. The lowest BCUT2D eigenvalue weighted by Crippen LogP contribution is -2.18. The highest BCUT2D eigenvalue weighted by molar-refractivity contribution is 6.30. The summed E-state index contributed by atoms with van der Waals surface area (Å²) in [6, 6.07) is 8.31. The molecule has 0 aliphatic rings. The predicted molar refractivity (Wildman–Crippen MR) is 84.5 cm³/mol. The first-order chi connectivity index (χ1) is 11.4. The van der Waals surface area contributed by atoms with Crippen LogP contribution in [0.5, 0.6) is 0 Å². The Kier molecular flexibility index (Phi) is 4.35. The molecule has 122 valence electrons. The molecule has 0 N–H and O–H groups in total. The first kappa shape index (κ1) is 16.2. The molecular weight excluding hydrogens is 341 g/mol. The number of hydrogen-bond acceptors (Lipinski definition) is 3. The zero-order chi connectivity index (χ0) is 17.2. The third-order valence-corrected chi connectivity index (χ3v) is 3.38. The minimum Gasteiger partial charge on any atom is -0.290 e. The summed E-state index contributed by atoms with van der Waals surface area (Å²) in [7, 11) is 0. The molecule has 0 radical (unpaired) electrons. The molecule has 0 unspecified atom stereocenters. The monoisotopic (exact) mass is 350 g/mol. The van der Waals surface area contributed by atoms with Gasteiger partial charge in [-0.3, -0.25) is 4.57 Å². The van der Waals surface area contributed by atoms with Crippen molar-refractivity contribution in [3.05, 3.63) is 77.5 Å². The standard InChI is InChI=1S/C16H10ClF3N4/c17-11-5-6-14(22-9-11)23-15(24-8-7-21-10-24)12-3-1-2-4-13(12)16(18,19)20/h1-10H/b23-15-. The Labute approximate surface area is 140 Å². The van der Waals surface area contributed by atoms with E-state index in [1.54, 1.807) is 6.07 Å². The van der Waals surface area contributed by atoms with E-state index in [-0.39, 0.29) is 17.2 Å². The van der Waals surface area contributed by atoms with Gasteiger partial charge in [0.2, 0.25) is 0 Å². The van der Waals surface area contributed by atoms with E-state index in [1.807, 2.05) is 0 Å². The molecule has 0 atom stereocenters. The SMILES string of the molecule is FC(F)(F)c1ccccc1/C(=N/c1ccc(Cl)cn1)n1ccnc1. The fourth-order valence-electron chi connectivity index (χ4n) is 2.11. The van der Waals surface area contributed by atoms with Crippen molar-refractivity contribution in [1.82, 2.24) is 14.5 Å². The van der Waals surface area contributed by atoms with Crippen molar-refractivity contribution in [1.29, 1.82) is 0 Å². The van der Waals surface area contributed by atoms with E-state index in [2.05, 4.69) is 15.0 Å². The second-order valence-corrected chi connectivity index (χ2v) is 5.22. The van der Waals surface area contributed by atoms with Gasteiger partial charge >= 0.3 is 6.18 Å². The molecule has 0 saturated heterocycles. The predicted octanol–water partition coefficient (Wildman–Crippen LogP) is 4.58. The van der Waals surface area contributed by atoms with Gasteiger partial charge in [0, 0.05) is 24.2 Å². The smallest absolute Gasteiger partial charge is 0.290 e. The van der Waals surface area contributed by atoms with Crippen LogP contribution in [0.2, 0.25) is 5.02 Å². The van der Waals surface area contributed by atoms with Gasteiger partial charge in [0.25, 0.3) is 0 Å². The summed E-state index contributed by atoms with van der Waals surface area (Å²) < 4.78 is 41.4. The molecule has 1 aromatic carbocycles. The number of benzene rings is 1. The molecule has 0 aliphatic carbocycles. The van der Waals surface area contributed by atoms with Crippen LogP contribution in [0.15, 0.2) is 66.3 Å². The molecule has 0 saturated carbocycles. The van der Waals surface area contributed by atoms with Crippen molar-refractivity contribution in [2.75, 3.05) is 0 Å². The molecule has 24 heavy (non-hydrogen) atoms. The number of imidazole rings is 1. The highest BCUT2D eigenvalue weighted by Gasteiger charge is 2.34. The number of pyridine rings is 1. The third-order valence-electron chi connectivity index (χ3n) is 3.15. The first-order valence-corrected chi connectivity index (χ1v) is 7.18. The molecule has 4 nitrogen and oxygen atoms in total. The van der Waals surface area contributed by atoms with Crippen molar-refractivity contribution in [2.45, 2.75) is 6.18 Å². The molecule has 0 bridgehead atoms. The molecule has 0 spiro atoms. The van der Waals surface area contributed by atoms with Gasteiger partial charge in [0.05, 0.1) is 10.6 Å². The second-order valence-electron chi connectivity index (χ2n) is 4.78. The van der Waals surface area contributed by atoms with Gasteiger partial charge in [-0.2, -0.15) is 13.2 Å². The minimum absolute atomic E-state index is 0.0650. The van der Waals surface area contributed by atoms with E-state index >= 15 is 0 Å². The van der Waals surface area contributed by atoms with Crippen LogP contribution in [0.1, 0.15) is 11.1 Å². The fourth-order valence-corrected chi connectivity index (χ4v) is 2.22. The van der Waals surface area contributed by atoms with Crippen LogP contribution in [0.4, 0.5) is 19.0 Å². The van der Waals surface area contributed by atoms with Crippen LogP contribution < -0.4 is 0 Å². The molecule has 3 rings (SSSR count). The Morgan fingerprint density at radius 3 is 2.54 bits per heavy atom. The van der Waals surface area contributed by atoms with Crippen LogP contribution in [0, 0.1) is 0 Å². The summed E-state index contributed by atoms with van der Waals surface area (Å²) in [4.78, 5) is 12.1. The van der Waals surface area contributed by atoms with Crippen LogP contribution in [0.3, 0.4) is 0 Å². The van der Waals surface area contributed by atoms with E-state index < -0.39 is 11.7 Å². The fraction of sp³-hybridized carbons (Fsp3) is 0.0625. The van der Waals surface area contributed by atoms with E-state index in [0.717, 1.165) is 6.07 Å². The van der Waals surface area contributed by atoms with Gasteiger partial charge in [-0.15, -0.1) is 0 Å². The Balaban J connectivity index is 2.19. The number of halogens is 4. The molecule has 8 heteroatoms. The number of aliphatic imine (C=N–C) groups is 1. The summed E-state index contributed by atoms with van der Waals surface area (Å²) >= 11 is 5.77. The molecule has 2 aromatic heterocycles. The van der Waals surface area contributed by atoms with E-state index in [1.165, 1.54) is 53.8 Å². The quantitative estimate of drug-likeness (QED) is 0.501. The lowest BCUT2D eigenvalue weighted by atomic mass is 10.1. The normalized spacial score (nSPS) is 12.4. The molecular formula is C16H10ClF3N4. The molecule has 0 amide bonds. The van der Waals surface area contributed by atoms with Gasteiger partial charge in [-0.1, -0.05) is 29.8 Å². The van der Waals surface area contributed by atoms with Crippen LogP contribution in [0.25, 0.3) is 0 Å². The van der Waals surface area contributed by atoms with Crippen molar-refractivity contribution >= 4 is 23.3 Å². The summed E-state index contributed by atoms with van der Waals surface area (Å²) in [6.45, 7) is 0. The highest BCUT2D eigenvalue weighted by Crippen LogP contribution is 2.32. The van der Waals surface area contributed by atoms with Gasteiger partial charge in [0.1, 0.15) is 12.2 Å². The van der Waals surface area contributed by atoms with Crippen LogP contribution >= 0.6 is 11.6 Å².